The molecule has 1 aliphatic rings. The summed E-state index contributed by atoms with van der Waals surface area (Å²) in [5.41, 5.74) is 3.40. The number of nitrogens with one attached hydrogen (secondary N) is 1. The summed E-state index contributed by atoms with van der Waals surface area (Å²) < 4.78 is 10.6. The van der Waals surface area contributed by atoms with E-state index < -0.39 is 12.1 Å². The first-order chi connectivity index (χ1) is 17.6. The zero-order valence-corrected chi connectivity index (χ0v) is 20.6. The quantitative estimate of drug-likeness (QED) is 0.363. The Bertz CT molecular complexity index is 1310. The number of ether oxygens (including phenoxy) is 2. The molecule has 3 aromatic carbocycles. The molecule has 2 N–H and O–H groups in total. The fraction of sp³-hybridized carbons (Fsp3) is 0.276. The number of para-hydroxylation sites is 1. The Labute approximate surface area is 210 Å². The number of hydrogen-bond donors (Lipinski definition) is 2. The van der Waals surface area contributed by atoms with Gasteiger partial charge in [-0.25, -0.2) is 0 Å². The number of Topliss-reactive ketones (excluding diaryl/α,β-unsaturated/α-hetero) is 1. The van der Waals surface area contributed by atoms with Crippen LogP contribution in [0.25, 0.3) is 10.9 Å². The van der Waals surface area contributed by atoms with Crippen molar-refractivity contribution in [3.8, 4) is 11.5 Å². The second kappa shape index (κ2) is 10.4. The van der Waals surface area contributed by atoms with Crippen LogP contribution in [-0.2, 0) is 0 Å². The third-order valence-corrected chi connectivity index (χ3v) is 7.02. The molecule has 0 saturated carbocycles. The van der Waals surface area contributed by atoms with Crippen molar-refractivity contribution in [3.63, 3.8) is 0 Å². The Balaban J connectivity index is 1.40. The van der Waals surface area contributed by atoms with E-state index in [0.29, 0.717) is 18.7 Å². The summed E-state index contributed by atoms with van der Waals surface area (Å²) in [5.74, 6) is 1.28. The number of carbonyl (C=O) groups excluding carboxylic acids is 1. The number of fused-ring (bicyclic) bond motifs is 1. The van der Waals surface area contributed by atoms with E-state index >= 15 is 0 Å². The van der Waals surface area contributed by atoms with Crippen LogP contribution in [0.15, 0.2) is 79.0 Å². The Hall–Kier alpha value is -3.81. The molecule has 36 heavy (non-hydrogen) atoms. The number of aliphatic hydroxyl groups is 1. The molecule has 186 valence electrons. The van der Waals surface area contributed by atoms with Crippen molar-refractivity contribution in [2.24, 2.45) is 0 Å². The van der Waals surface area contributed by atoms with Gasteiger partial charge in [-0.2, -0.15) is 0 Å². The number of carbonyl (C=O) groups is 1. The van der Waals surface area contributed by atoms with Crippen molar-refractivity contribution >= 4 is 22.4 Å². The van der Waals surface area contributed by atoms with Crippen molar-refractivity contribution < 1.29 is 19.4 Å². The standard InChI is InChI=1S/C29H31N3O4/c1-35-22-11-7-20(8-12-22)27(29(34)28(33)25-19-30-26-6-4-3-5-24(25)26)32-17-15-31(16-18-32)21-9-13-23(36-2)14-10-21/h3-14,19,27,29-30,34H,15-18H2,1-2H3/t27-,29+/m0/s1. The van der Waals surface area contributed by atoms with Gasteiger partial charge in [-0.15, -0.1) is 0 Å². The monoisotopic (exact) mass is 485 g/mol. The van der Waals surface area contributed by atoms with E-state index in [2.05, 4.69) is 26.9 Å². The van der Waals surface area contributed by atoms with E-state index in [-0.39, 0.29) is 5.78 Å². The summed E-state index contributed by atoms with van der Waals surface area (Å²) in [6, 6.07) is 22.8. The molecule has 5 rings (SSSR count). The molecule has 2 heterocycles. The van der Waals surface area contributed by atoms with Crippen LogP contribution in [0.4, 0.5) is 5.69 Å². The van der Waals surface area contributed by atoms with Crippen LogP contribution in [0.1, 0.15) is 22.0 Å². The summed E-state index contributed by atoms with van der Waals surface area (Å²) >= 11 is 0. The van der Waals surface area contributed by atoms with Gasteiger partial charge >= 0.3 is 0 Å². The highest BCUT2D eigenvalue weighted by Gasteiger charge is 2.35. The molecular weight excluding hydrogens is 454 g/mol. The van der Waals surface area contributed by atoms with E-state index in [1.165, 1.54) is 0 Å². The SMILES string of the molecule is COc1ccc([C@@H]([C@@H](O)C(=O)c2c[nH]c3ccccc23)N2CCN(c3ccc(OC)cc3)CC2)cc1. The largest absolute Gasteiger partial charge is 0.497 e. The number of benzene rings is 3. The molecule has 7 heteroatoms. The number of rotatable bonds is 8. The minimum atomic E-state index is -1.22. The number of hydrogen-bond acceptors (Lipinski definition) is 6. The van der Waals surface area contributed by atoms with Crippen LogP contribution in [0.2, 0.25) is 0 Å². The number of aromatic nitrogens is 1. The first-order valence-corrected chi connectivity index (χ1v) is 12.1. The molecule has 0 unspecified atom stereocenters. The smallest absolute Gasteiger partial charge is 0.195 e. The number of ketones is 1. The molecule has 1 saturated heterocycles. The summed E-state index contributed by atoms with van der Waals surface area (Å²) in [6.07, 6.45) is 0.480. The Morgan fingerprint density at radius 2 is 1.47 bits per heavy atom. The average Bonchev–Trinajstić information content (AvgIpc) is 3.38. The first-order valence-electron chi connectivity index (χ1n) is 12.1. The molecule has 1 aliphatic heterocycles. The van der Waals surface area contributed by atoms with Crippen molar-refractivity contribution in [1.29, 1.82) is 0 Å². The molecule has 0 radical (unpaired) electrons. The Morgan fingerprint density at radius 3 is 2.11 bits per heavy atom. The van der Waals surface area contributed by atoms with Crippen LogP contribution >= 0.6 is 0 Å². The minimum Gasteiger partial charge on any atom is -0.497 e. The van der Waals surface area contributed by atoms with Crippen molar-refractivity contribution in [3.05, 3.63) is 90.1 Å². The number of aromatic amines is 1. The van der Waals surface area contributed by atoms with E-state index in [1.54, 1.807) is 20.4 Å². The number of methoxy groups -OCH3 is 2. The fourth-order valence-electron chi connectivity index (χ4n) is 5.02. The second-order valence-electron chi connectivity index (χ2n) is 9.00. The number of anilines is 1. The van der Waals surface area contributed by atoms with Gasteiger partial charge in [0.2, 0.25) is 0 Å². The number of H-pyrrole nitrogens is 1. The molecule has 7 nitrogen and oxygen atoms in total. The minimum absolute atomic E-state index is 0.286. The highest BCUT2D eigenvalue weighted by atomic mass is 16.5. The lowest BCUT2D eigenvalue weighted by Gasteiger charge is -2.41. The molecule has 4 aromatic rings. The molecular formula is C29H31N3O4. The van der Waals surface area contributed by atoms with Gasteiger partial charge in [0.25, 0.3) is 0 Å². The second-order valence-corrected chi connectivity index (χ2v) is 9.00. The lowest BCUT2D eigenvalue weighted by atomic mass is 9.92. The van der Waals surface area contributed by atoms with E-state index in [4.69, 9.17) is 9.47 Å². The Morgan fingerprint density at radius 1 is 0.861 bits per heavy atom. The van der Waals surface area contributed by atoms with Crippen molar-refractivity contribution in [1.82, 2.24) is 9.88 Å². The molecule has 1 aromatic heterocycles. The van der Waals surface area contributed by atoms with Gasteiger partial charge in [0.15, 0.2) is 5.78 Å². The average molecular weight is 486 g/mol. The van der Waals surface area contributed by atoms with Crippen LogP contribution in [-0.4, -0.2) is 67.3 Å². The van der Waals surface area contributed by atoms with Crippen LogP contribution < -0.4 is 14.4 Å². The summed E-state index contributed by atoms with van der Waals surface area (Å²) in [4.78, 5) is 21.3. The summed E-state index contributed by atoms with van der Waals surface area (Å²) in [5, 5.41) is 12.3. The maximum atomic E-state index is 13.6. The third-order valence-electron chi connectivity index (χ3n) is 7.02. The lowest BCUT2D eigenvalue weighted by Crippen LogP contribution is -2.51. The predicted molar refractivity (Wildman–Crippen MR) is 141 cm³/mol. The summed E-state index contributed by atoms with van der Waals surface area (Å²) in [7, 11) is 3.29. The van der Waals surface area contributed by atoms with Crippen LogP contribution in [0.5, 0.6) is 11.5 Å². The number of piperazine rings is 1. The van der Waals surface area contributed by atoms with E-state index in [1.807, 2.05) is 60.7 Å². The van der Waals surface area contributed by atoms with Gasteiger partial charge < -0.3 is 24.5 Å². The van der Waals surface area contributed by atoms with Gasteiger partial charge in [0.1, 0.15) is 17.6 Å². The molecule has 2 atom stereocenters. The topological polar surface area (TPSA) is 78.0 Å². The predicted octanol–water partition coefficient (Wildman–Crippen LogP) is 4.29. The number of aliphatic hydroxyl groups excluding tert-OH is 1. The zero-order valence-electron chi connectivity index (χ0n) is 20.6. The van der Waals surface area contributed by atoms with Gasteiger partial charge in [-0.05, 0) is 48.0 Å². The molecule has 0 spiro atoms. The third kappa shape index (κ3) is 4.67. The first kappa shape index (κ1) is 23.9. The van der Waals surface area contributed by atoms with Gasteiger partial charge in [0.05, 0.1) is 20.3 Å². The molecule has 1 fully saturated rings. The van der Waals surface area contributed by atoms with Gasteiger partial charge in [-0.3, -0.25) is 9.69 Å². The normalized spacial score (nSPS) is 16.0. The number of nitrogens with zero attached hydrogens (tertiary/aromatic N) is 2. The molecule has 0 amide bonds. The summed E-state index contributed by atoms with van der Waals surface area (Å²) in [6.45, 7) is 2.99. The van der Waals surface area contributed by atoms with E-state index in [9.17, 15) is 9.90 Å². The van der Waals surface area contributed by atoms with Crippen LogP contribution in [0.3, 0.4) is 0 Å². The molecule has 0 aliphatic carbocycles. The van der Waals surface area contributed by atoms with Crippen molar-refractivity contribution in [2.45, 2.75) is 12.1 Å². The molecule has 0 bridgehead atoms. The van der Waals surface area contributed by atoms with Crippen LogP contribution in [0, 0.1) is 0 Å². The fourth-order valence-corrected chi connectivity index (χ4v) is 5.02. The highest BCUT2D eigenvalue weighted by Crippen LogP contribution is 2.32. The van der Waals surface area contributed by atoms with Crippen molar-refractivity contribution in [2.75, 3.05) is 45.3 Å². The zero-order chi connectivity index (χ0) is 25.1. The Kier molecular flexibility index (Phi) is 6.93. The van der Waals surface area contributed by atoms with Gasteiger partial charge in [0, 0.05) is 54.5 Å². The maximum Gasteiger partial charge on any atom is 0.195 e. The van der Waals surface area contributed by atoms with Gasteiger partial charge in [-0.1, -0.05) is 30.3 Å². The van der Waals surface area contributed by atoms with E-state index in [0.717, 1.165) is 46.7 Å². The highest BCUT2D eigenvalue weighted by molar-refractivity contribution is 6.10. The maximum absolute atomic E-state index is 13.6. The lowest BCUT2D eigenvalue weighted by molar-refractivity contribution is 0.0366.